The smallest absolute Gasteiger partial charge is 0.256 e. The average molecular weight is 490 g/mol. The molecule has 1 amide bonds. The van der Waals surface area contributed by atoms with E-state index in [0.717, 1.165) is 45.5 Å². The predicted octanol–water partition coefficient (Wildman–Crippen LogP) is 4.92. The Morgan fingerprint density at radius 2 is 2.00 bits per heavy atom. The van der Waals surface area contributed by atoms with E-state index in [4.69, 9.17) is 22.1 Å². The number of nitrogens with two attached hydrogens (primary N) is 1. The zero-order valence-electron chi connectivity index (χ0n) is 20.0. The Hall–Kier alpha value is -3.55. The highest BCUT2D eigenvalue weighted by molar-refractivity contribution is 6.34. The third-order valence-corrected chi connectivity index (χ3v) is 7.12. The van der Waals surface area contributed by atoms with Gasteiger partial charge in [-0.25, -0.2) is 4.98 Å². The van der Waals surface area contributed by atoms with Crippen molar-refractivity contribution in [2.45, 2.75) is 12.5 Å². The second kappa shape index (κ2) is 9.24. The number of hydrogen-bond acceptors (Lipinski definition) is 5. The number of aromatic amines is 1. The number of nitrogen functional groups attached to an aromatic ring is 1. The molecule has 7 nitrogen and oxygen atoms in total. The molecular weight excluding hydrogens is 462 g/mol. The van der Waals surface area contributed by atoms with Gasteiger partial charge in [0.05, 0.1) is 23.4 Å². The van der Waals surface area contributed by atoms with Crippen LogP contribution in [-0.2, 0) is 0 Å². The molecule has 1 fully saturated rings. The number of nitrogens with zero attached hydrogens (tertiary/aromatic N) is 3. The van der Waals surface area contributed by atoms with Crippen LogP contribution in [0.5, 0.6) is 5.75 Å². The number of likely N-dealkylation sites (tertiary alicyclic amines) is 1. The summed E-state index contributed by atoms with van der Waals surface area (Å²) in [7, 11) is 5.73. The zero-order valence-corrected chi connectivity index (χ0v) is 20.8. The molecule has 1 atom stereocenters. The summed E-state index contributed by atoms with van der Waals surface area (Å²) >= 11 is 6.52. The Labute approximate surface area is 209 Å². The number of para-hydroxylation sites is 1. The number of carbonyl (C=O) groups excluding carboxylic acids is 1. The molecule has 1 unspecified atom stereocenters. The fourth-order valence-corrected chi connectivity index (χ4v) is 4.95. The van der Waals surface area contributed by atoms with E-state index in [2.05, 4.69) is 20.9 Å². The van der Waals surface area contributed by atoms with Crippen LogP contribution in [0, 0.1) is 0 Å². The van der Waals surface area contributed by atoms with Crippen molar-refractivity contribution in [2.24, 2.45) is 0 Å². The molecular formula is C27H28ClN5O2. The van der Waals surface area contributed by atoms with Gasteiger partial charge in [0.25, 0.3) is 5.91 Å². The van der Waals surface area contributed by atoms with Crippen LogP contribution in [0.1, 0.15) is 16.8 Å². The molecule has 8 heteroatoms. The Morgan fingerprint density at radius 3 is 2.74 bits per heavy atom. The molecule has 180 valence electrons. The first-order chi connectivity index (χ1) is 16.9. The Balaban J connectivity index is 1.55. The lowest BCUT2D eigenvalue weighted by atomic mass is 9.99. The molecule has 3 heterocycles. The molecule has 2 aromatic heterocycles. The van der Waals surface area contributed by atoms with Crippen molar-refractivity contribution in [1.29, 1.82) is 0 Å². The largest absolute Gasteiger partial charge is 0.496 e. The standard InChI is InChI=1S/C27H28ClN5O2/c1-32(2)18-8-9-33(15-18)27(34)21-10-16(12-23(28)25(21)29)17-11-20-22(14-31-26(20)30-13-17)19-6-4-5-7-24(19)35-3/h4-7,10-14,18H,8-9,15,29H2,1-3H3,(H,30,31). The van der Waals surface area contributed by atoms with Crippen LogP contribution in [0.15, 0.2) is 54.9 Å². The van der Waals surface area contributed by atoms with E-state index >= 15 is 0 Å². The number of H-pyrrole nitrogens is 1. The lowest BCUT2D eigenvalue weighted by molar-refractivity contribution is 0.0784. The van der Waals surface area contributed by atoms with Crippen LogP contribution >= 0.6 is 11.6 Å². The maximum Gasteiger partial charge on any atom is 0.256 e. The second-order valence-corrected chi connectivity index (χ2v) is 9.51. The first-order valence-corrected chi connectivity index (χ1v) is 11.9. The van der Waals surface area contributed by atoms with Crippen LogP contribution in [-0.4, -0.2) is 66.0 Å². The number of aromatic nitrogens is 2. The Bertz CT molecular complexity index is 1410. The van der Waals surface area contributed by atoms with Gasteiger partial charge in [0.2, 0.25) is 0 Å². The summed E-state index contributed by atoms with van der Waals surface area (Å²) in [5.41, 5.74) is 11.3. The van der Waals surface area contributed by atoms with Gasteiger partial charge in [0.1, 0.15) is 11.4 Å². The summed E-state index contributed by atoms with van der Waals surface area (Å²) in [4.78, 5) is 25.2. The van der Waals surface area contributed by atoms with Crippen molar-refractivity contribution in [3.63, 3.8) is 0 Å². The number of halogens is 1. The van der Waals surface area contributed by atoms with E-state index < -0.39 is 0 Å². The summed E-state index contributed by atoms with van der Waals surface area (Å²) in [6, 6.07) is 13.9. The zero-order chi connectivity index (χ0) is 24.7. The highest BCUT2D eigenvalue weighted by Crippen LogP contribution is 2.37. The van der Waals surface area contributed by atoms with Gasteiger partial charge in [-0.3, -0.25) is 4.79 Å². The van der Waals surface area contributed by atoms with Crippen molar-refractivity contribution in [3.8, 4) is 28.0 Å². The molecule has 1 saturated heterocycles. The minimum absolute atomic E-state index is 0.0963. The summed E-state index contributed by atoms with van der Waals surface area (Å²) in [5.74, 6) is 0.685. The first kappa shape index (κ1) is 23.2. The molecule has 0 bridgehead atoms. The summed E-state index contributed by atoms with van der Waals surface area (Å²) in [6.45, 7) is 1.37. The lowest BCUT2D eigenvalue weighted by Gasteiger charge is -2.21. The monoisotopic (exact) mass is 489 g/mol. The highest BCUT2D eigenvalue weighted by Gasteiger charge is 2.29. The van der Waals surface area contributed by atoms with Gasteiger partial charge in [0, 0.05) is 53.6 Å². The number of anilines is 1. The Kier molecular flexibility index (Phi) is 6.13. The number of benzene rings is 2. The molecule has 0 aliphatic carbocycles. The fraction of sp³-hybridized carbons (Fsp3) is 0.259. The van der Waals surface area contributed by atoms with Gasteiger partial charge in [-0.1, -0.05) is 29.8 Å². The molecule has 1 aliphatic heterocycles. The van der Waals surface area contributed by atoms with Crippen molar-refractivity contribution >= 4 is 34.2 Å². The van der Waals surface area contributed by atoms with Crippen molar-refractivity contribution in [1.82, 2.24) is 19.8 Å². The number of pyridine rings is 1. The number of carbonyl (C=O) groups is 1. The van der Waals surface area contributed by atoms with Gasteiger partial charge in [-0.05, 0) is 50.3 Å². The number of hydrogen-bond donors (Lipinski definition) is 2. The van der Waals surface area contributed by atoms with Crippen molar-refractivity contribution < 1.29 is 9.53 Å². The van der Waals surface area contributed by atoms with Gasteiger partial charge < -0.3 is 25.3 Å². The van der Waals surface area contributed by atoms with Crippen molar-refractivity contribution in [2.75, 3.05) is 40.0 Å². The van der Waals surface area contributed by atoms with Crippen LogP contribution in [0.4, 0.5) is 5.69 Å². The predicted molar refractivity (Wildman–Crippen MR) is 141 cm³/mol. The minimum Gasteiger partial charge on any atom is -0.496 e. The van der Waals surface area contributed by atoms with Crippen molar-refractivity contribution in [3.05, 3.63) is 65.4 Å². The molecule has 1 aliphatic rings. The maximum atomic E-state index is 13.4. The summed E-state index contributed by atoms with van der Waals surface area (Å²) in [6.07, 6.45) is 4.64. The van der Waals surface area contributed by atoms with Gasteiger partial charge in [0.15, 0.2) is 0 Å². The van der Waals surface area contributed by atoms with E-state index in [1.54, 1.807) is 19.4 Å². The van der Waals surface area contributed by atoms with Crippen LogP contribution in [0.3, 0.4) is 0 Å². The summed E-state index contributed by atoms with van der Waals surface area (Å²) < 4.78 is 5.56. The molecule has 0 radical (unpaired) electrons. The number of likely N-dealkylation sites (N-methyl/N-ethyl adjacent to an activating group) is 1. The Morgan fingerprint density at radius 1 is 1.20 bits per heavy atom. The minimum atomic E-state index is -0.0963. The fourth-order valence-electron chi connectivity index (χ4n) is 4.73. The molecule has 3 N–H and O–H groups in total. The number of methoxy groups -OCH3 is 1. The molecule has 5 rings (SSSR count). The van der Waals surface area contributed by atoms with Crippen LogP contribution in [0.25, 0.3) is 33.3 Å². The van der Waals surface area contributed by atoms with Gasteiger partial charge in [-0.2, -0.15) is 0 Å². The van der Waals surface area contributed by atoms with Crippen LogP contribution in [0.2, 0.25) is 5.02 Å². The SMILES string of the molecule is COc1ccccc1-c1c[nH]c2ncc(-c3cc(Cl)c(N)c(C(=O)N4CCC(N(C)C)C4)c3)cc12. The van der Waals surface area contributed by atoms with E-state index in [9.17, 15) is 4.79 Å². The molecule has 0 saturated carbocycles. The average Bonchev–Trinajstić information content (AvgIpc) is 3.52. The third kappa shape index (κ3) is 4.22. The third-order valence-electron chi connectivity index (χ3n) is 6.80. The highest BCUT2D eigenvalue weighted by atomic mass is 35.5. The van der Waals surface area contributed by atoms with E-state index in [1.807, 2.05) is 55.5 Å². The molecule has 2 aromatic carbocycles. The van der Waals surface area contributed by atoms with Crippen LogP contribution < -0.4 is 10.5 Å². The van der Waals surface area contributed by atoms with E-state index in [-0.39, 0.29) is 5.91 Å². The number of ether oxygens (including phenoxy) is 1. The van der Waals surface area contributed by atoms with Gasteiger partial charge in [-0.15, -0.1) is 0 Å². The first-order valence-electron chi connectivity index (χ1n) is 11.5. The second-order valence-electron chi connectivity index (χ2n) is 9.10. The number of rotatable bonds is 5. The normalized spacial score (nSPS) is 15.8. The lowest BCUT2D eigenvalue weighted by Crippen LogP contribution is -2.34. The molecule has 0 spiro atoms. The summed E-state index contributed by atoms with van der Waals surface area (Å²) in [5, 5.41) is 1.30. The molecule has 35 heavy (non-hydrogen) atoms. The number of nitrogens with one attached hydrogen (secondary N) is 1. The number of amides is 1. The van der Waals surface area contributed by atoms with E-state index in [0.29, 0.717) is 35.4 Å². The maximum absolute atomic E-state index is 13.4. The molecule has 4 aromatic rings. The topological polar surface area (TPSA) is 87.5 Å². The van der Waals surface area contributed by atoms with E-state index in [1.165, 1.54) is 0 Å². The van der Waals surface area contributed by atoms with Gasteiger partial charge >= 0.3 is 0 Å². The quantitative estimate of drug-likeness (QED) is 0.389. The number of fused-ring (bicyclic) bond motifs is 1.